The number of carbonyl (C=O) groups is 2. The van der Waals surface area contributed by atoms with E-state index in [4.69, 9.17) is 4.52 Å². The maximum Gasteiger partial charge on any atom is 0.263 e. The van der Waals surface area contributed by atoms with Crippen molar-refractivity contribution in [3.63, 3.8) is 0 Å². The molecular weight excluding hydrogens is 464 g/mol. The van der Waals surface area contributed by atoms with Gasteiger partial charge in [0.1, 0.15) is 6.54 Å². The number of hydrogen-bond donors (Lipinski definition) is 0. The average molecular weight is 481 g/mol. The first-order chi connectivity index (χ1) is 14.9. The van der Waals surface area contributed by atoms with E-state index in [1.807, 2.05) is 50.2 Å². The first kappa shape index (κ1) is 19.6. The van der Waals surface area contributed by atoms with Crippen LogP contribution in [0.1, 0.15) is 17.0 Å². The van der Waals surface area contributed by atoms with E-state index in [1.165, 1.54) is 9.91 Å². The Morgan fingerprint density at radius 1 is 1.06 bits per heavy atom. The molecule has 2 aromatic carbocycles. The van der Waals surface area contributed by atoms with E-state index in [-0.39, 0.29) is 24.2 Å². The fraction of sp³-hybridized carbons (Fsp3) is 0.238. The van der Waals surface area contributed by atoms with Crippen LogP contribution in [-0.4, -0.2) is 39.0 Å². The molecule has 3 heterocycles. The summed E-state index contributed by atoms with van der Waals surface area (Å²) in [6.45, 7) is 3.99. The summed E-state index contributed by atoms with van der Waals surface area (Å²) in [5, 5.41) is 13.5. The summed E-state index contributed by atoms with van der Waals surface area (Å²) in [5.41, 5.74) is 3.41. The fourth-order valence-electron chi connectivity index (χ4n) is 3.68. The molecule has 1 saturated heterocycles. The molecule has 0 bridgehead atoms. The molecule has 5 rings (SSSR count). The van der Waals surface area contributed by atoms with Crippen molar-refractivity contribution in [3.8, 4) is 11.4 Å². The molecule has 9 nitrogen and oxygen atoms in total. The second-order valence-corrected chi connectivity index (χ2v) is 8.41. The van der Waals surface area contributed by atoms with Gasteiger partial charge in [-0.05, 0) is 49.2 Å². The number of halogens is 1. The van der Waals surface area contributed by atoms with Crippen LogP contribution in [0.2, 0.25) is 0 Å². The number of fused-ring (bicyclic) bond motifs is 1. The van der Waals surface area contributed by atoms with Gasteiger partial charge in [0.25, 0.3) is 11.8 Å². The van der Waals surface area contributed by atoms with Crippen LogP contribution >= 0.6 is 15.9 Å². The number of amides is 2. The normalized spacial score (nSPS) is 20.1. The van der Waals surface area contributed by atoms with E-state index < -0.39 is 12.1 Å². The number of rotatable bonds is 4. The first-order valence-electron chi connectivity index (χ1n) is 9.63. The highest BCUT2D eigenvalue weighted by Crippen LogP contribution is 2.33. The lowest BCUT2D eigenvalue weighted by molar-refractivity contribution is -0.123. The minimum Gasteiger partial charge on any atom is -0.337 e. The number of benzene rings is 2. The van der Waals surface area contributed by atoms with Gasteiger partial charge in [-0.1, -0.05) is 44.5 Å². The monoisotopic (exact) mass is 480 g/mol. The molecule has 2 aliphatic rings. The van der Waals surface area contributed by atoms with E-state index in [9.17, 15) is 9.59 Å². The van der Waals surface area contributed by atoms with E-state index in [0.717, 1.165) is 21.2 Å². The van der Waals surface area contributed by atoms with Crippen LogP contribution in [0.5, 0.6) is 0 Å². The molecule has 0 aliphatic carbocycles. The molecule has 0 unspecified atom stereocenters. The molecule has 0 N–H and O–H groups in total. The zero-order valence-electron chi connectivity index (χ0n) is 16.7. The van der Waals surface area contributed by atoms with Crippen molar-refractivity contribution in [1.82, 2.24) is 15.1 Å². The highest BCUT2D eigenvalue weighted by Gasteiger charge is 2.55. The van der Waals surface area contributed by atoms with E-state index >= 15 is 0 Å². The third-order valence-electron chi connectivity index (χ3n) is 5.45. The number of imide groups is 1. The summed E-state index contributed by atoms with van der Waals surface area (Å²) < 4.78 is 6.24. The van der Waals surface area contributed by atoms with Gasteiger partial charge < -0.3 is 4.52 Å². The number of hydrogen-bond acceptors (Lipinski definition) is 8. The van der Waals surface area contributed by atoms with Crippen LogP contribution in [0.25, 0.3) is 11.4 Å². The number of carbonyl (C=O) groups excluding carboxylic acids is 2. The smallest absolute Gasteiger partial charge is 0.263 e. The zero-order valence-corrected chi connectivity index (χ0v) is 18.3. The third-order valence-corrected chi connectivity index (χ3v) is 5.95. The second kappa shape index (κ2) is 7.38. The minimum atomic E-state index is -0.874. The van der Waals surface area contributed by atoms with E-state index in [1.54, 1.807) is 6.07 Å². The Hall–Kier alpha value is -3.40. The van der Waals surface area contributed by atoms with Gasteiger partial charge in [0.2, 0.25) is 11.7 Å². The molecular formula is C21H17BrN6O3. The van der Waals surface area contributed by atoms with E-state index in [0.29, 0.717) is 11.5 Å². The van der Waals surface area contributed by atoms with Gasteiger partial charge in [0.05, 0.1) is 5.69 Å². The van der Waals surface area contributed by atoms with E-state index in [2.05, 4.69) is 36.4 Å². The van der Waals surface area contributed by atoms with Crippen LogP contribution in [0.3, 0.4) is 0 Å². The molecule has 1 fully saturated rings. The molecule has 156 valence electrons. The molecule has 3 aromatic rings. The Balaban J connectivity index is 1.37. The largest absolute Gasteiger partial charge is 0.337 e. The van der Waals surface area contributed by atoms with Crippen molar-refractivity contribution >= 4 is 33.4 Å². The van der Waals surface area contributed by atoms with Crippen molar-refractivity contribution in [2.75, 3.05) is 4.90 Å². The lowest BCUT2D eigenvalue weighted by Crippen LogP contribution is -2.39. The van der Waals surface area contributed by atoms with Crippen LogP contribution in [0.15, 0.2) is 61.8 Å². The number of aromatic nitrogens is 2. The summed E-state index contributed by atoms with van der Waals surface area (Å²) in [6, 6.07) is 11.3. The van der Waals surface area contributed by atoms with Crippen LogP contribution in [0.4, 0.5) is 5.69 Å². The van der Waals surface area contributed by atoms with Crippen molar-refractivity contribution in [3.05, 3.63) is 64.0 Å². The molecule has 0 spiro atoms. The Labute approximate surface area is 185 Å². The predicted molar refractivity (Wildman–Crippen MR) is 114 cm³/mol. The summed E-state index contributed by atoms with van der Waals surface area (Å²) in [6.07, 6.45) is 0. The molecule has 0 radical (unpaired) electrons. The third kappa shape index (κ3) is 3.32. The van der Waals surface area contributed by atoms with Gasteiger partial charge >= 0.3 is 0 Å². The van der Waals surface area contributed by atoms with Crippen molar-refractivity contribution in [2.24, 2.45) is 10.3 Å². The molecule has 1 aromatic heterocycles. The Morgan fingerprint density at radius 2 is 1.90 bits per heavy atom. The Morgan fingerprint density at radius 3 is 2.68 bits per heavy atom. The lowest BCUT2D eigenvalue weighted by atomic mass is 10.1. The minimum absolute atomic E-state index is 0.0749. The lowest BCUT2D eigenvalue weighted by Gasteiger charge is -2.19. The van der Waals surface area contributed by atoms with Gasteiger partial charge in [-0.25, -0.2) is 4.90 Å². The van der Waals surface area contributed by atoms with Crippen molar-refractivity contribution < 1.29 is 14.1 Å². The van der Waals surface area contributed by atoms with Crippen LogP contribution in [0, 0.1) is 13.8 Å². The topological polar surface area (TPSA) is 104 Å². The predicted octanol–water partition coefficient (Wildman–Crippen LogP) is 3.61. The molecule has 0 saturated carbocycles. The molecule has 2 aliphatic heterocycles. The van der Waals surface area contributed by atoms with Crippen molar-refractivity contribution in [1.29, 1.82) is 0 Å². The fourth-order valence-corrected chi connectivity index (χ4v) is 4.07. The molecule has 2 atom stereocenters. The zero-order chi connectivity index (χ0) is 21.7. The SMILES string of the molecule is Cc1ccc(N2C(=O)[C@H]3N=NN(Cc4nc(-c5cccc(Br)c5)no4)[C@H]3C2=O)cc1C. The Bertz CT molecular complexity index is 1240. The molecule has 31 heavy (non-hydrogen) atoms. The number of aryl methyl sites for hydroxylation is 2. The first-order valence-corrected chi connectivity index (χ1v) is 10.4. The summed E-state index contributed by atoms with van der Waals surface area (Å²) in [7, 11) is 0. The summed E-state index contributed by atoms with van der Waals surface area (Å²) in [4.78, 5) is 31.6. The van der Waals surface area contributed by atoms with Gasteiger partial charge in [-0.2, -0.15) is 10.1 Å². The Kier molecular flexibility index (Phi) is 4.66. The number of anilines is 1. The quantitative estimate of drug-likeness (QED) is 0.528. The highest BCUT2D eigenvalue weighted by molar-refractivity contribution is 9.10. The van der Waals surface area contributed by atoms with Crippen LogP contribution in [-0.2, 0) is 16.1 Å². The van der Waals surface area contributed by atoms with Crippen LogP contribution < -0.4 is 4.90 Å². The maximum absolute atomic E-state index is 13.1. The second-order valence-electron chi connectivity index (χ2n) is 7.49. The number of nitrogens with zero attached hydrogens (tertiary/aromatic N) is 6. The van der Waals surface area contributed by atoms with Crippen molar-refractivity contribution in [2.45, 2.75) is 32.5 Å². The summed E-state index contributed by atoms with van der Waals surface area (Å²) >= 11 is 3.42. The van der Waals surface area contributed by atoms with Gasteiger partial charge in [-0.15, -0.1) is 0 Å². The molecule has 10 heteroatoms. The average Bonchev–Trinajstić information content (AvgIpc) is 3.43. The summed E-state index contributed by atoms with van der Waals surface area (Å²) in [5.74, 6) is -0.0474. The van der Waals surface area contributed by atoms with Gasteiger partial charge in [0.15, 0.2) is 12.1 Å². The highest BCUT2D eigenvalue weighted by atomic mass is 79.9. The standard InChI is InChI=1S/C21H17BrN6O3/c1-11-6-7-15(8-12(11)2)28-20(29)17-18(21(28)30)27(26-24-17)10-16-23-19(25-31-16)13-4-3-5-14(22)9-13/h3-9,17-18H,10H2,1-2H3/t17-,18+/m0/s1. The van der Waals surface area contributed by atoms with Gasteiger partial charge in [-0.3, -0.25) is 14.6 Å². The maximum atomic E-state index is 13.1. The van der Waals surface area contributed by atoms with Gasteiger partial charge in [0, 0.05) is 10.0 Å². The molecule has 2 amide bonds.